The molecule has 4 heteroatoms. The van der Waals surface area contributed by atoms with Gasteiger partial charge in [-0.1, -0.05) is 12.2 Å². The Morgan fingerprint density at radius 2 is 1.65 bits per heavy atom. The highest BCUT2D eigenvalue weighted by Gasteiger charge is 2.48. The van der Waals surface area contributed by atoms with E-state index in [0.29, 0.717) is 25.3 Å². The second kappa shape index (κ2) is 3.95. The zero-order chi connectivity index (χ0) is 12.0. The molecule has 1 heterocycles. The van der Waals surface area contributed by atoms with E-state index in [9.17, 15) is 14.7 Å². The molecule has 17 heavy (non-hydrogen) atoms. The molecule has 0 spiro atoms. The molecule has 0 aromatic rings. The first-order chi connectivity index (χ1) is 8.16. The van der Waals surface area contributed by atoms with Gasteiger partial charge in [0.05, 0.1) is 17.9 Å². The van der Waals surface area contributed by atoms with Crippen LogP contribution in [0, 0.1) is 17.8 Å². The van der Waals surface area contributed by atoms with Gasteiger partial charge in [0, 0.05) is 6.54 Å². The van der Waals surface area contributed by atoms with Gasteiger partial charge in [-0.2, -0.15) is 0 Å². The van der Waals surface area contributed by atoms with Crippen LogP contribution < -0.4 is 0 Å². The maximum Gasteiger partial charge on any atom is 0.233 e. The van der Waals surface area contributed by atoms with Gasteiger partial charge in [0.25, 0.3) is 0 Å². The highest BCUT2D eigenvalue weighted by atomic mass is 16.3. The van der Waals surface area contributed by atoms with Crippen LogP contribution in [-0.2, 0) is 9.59 Å². The van der Waals surface area contributed by atoms with E-state index >= 15 is 0 Å². The summed E-state index contributed by atoms with van der Waals surface area (Å²) in [7, 11) is 0. The number of likely N-dealkylation sites (tertiary alicyclic amines) is 1. The van der Waals surface area contributed by atoms with Gasteiger partial charge >= 0.3 is 0 Å². The first kappa shape index (κ1) is 11.0. The summed E-state index contributed by atoms with van der Waals surface area (Å²) < 4.78 is 0. The van der Waals surface area contributed by atoms with Crippen molar-refractivity contribution in [1.82, 2.24) is 4.90 Å². The van der Waals surface area contributed by atoms with Crippen molar-refractivity contribution in [2.24, 2.45) is 17.8 Å². The lowest BCUT2D eigenvalue weighted by Crippen LogP contribution is -2.41. The summed E-state index contributed by atoms with van der Waals surface area (Å²) in [5.74, 6) is 0.0949. The Morgan fingerprint density at radius 3 is 2.12 bits per heavy atom. The second-order valence-electron chi connectivity index (χ2n) is 5.43. The molecule has 2 aliphatic carbocycles. The summed E-state index contributed by atoms with van der Waals surface area (Å²) >= 11 is 0. The van der Waals surface area contributed by atoms with Crippen molar-refractivity contribution in [2.75, 3.05) is 6.54 Å². The fourth-order valence-corrected chi connectivity index (χ4v) is 3.16. The first-order valence-corrected chi connectivity index (χ1v) is 6.35. The predicted octanol–water partition coefficient (Wildman–Crippen LogP) is 0.709. The minimum Gasteiger partial charge on any atom is -0.393 e. The van der Waals surface area contributed by atoms with Crippen molar-refractivity contribution >= 4 is 11.8 Å². The lowest BCUT2D eigenvalue weighted by atomic mass is 9.82. The van der Waals surface area contributed by atoms with Crippen molar-refractivity contribution in [2.45, 2.75) is 31.8 Å². The molecule has 0 bridgehead atoms. The lowest BCUT2D eigenvalue weighted by molar-refractivity contribution is -0.141. The Morgan fingerprint density at radius 1 is 1.12 bits per heavy atom. The fraction of sp³-hybridized carbons (Fsp3) is 0.692. The number of allylic oxidation sites excluding steroid dienone is 2. The third-order valence-corrected chi connectivity index (χ3v) is 4.25. The molecular weight excluding hydrogens is 218 g/mol. The van der Waals surface area contributed by atoms with Crippen LogP contribution >= 0.6 is 0 Å². The highest BCUT2D eigenvalue weighted by Crippen LogP contribution is 2.37. The Labute approximate surface area is 100 Å². The summed E-state index contributed by atoms with van der Waals surface area (Å²) in [6.07, 6.45) is 6.65. The Bertz CT molecular complexity index is 358. The van der Waals surface area contributed by atoms with Crippen LogP contribution in [-0.4, -0.2) is 34.5 Å². The molecule has 0 unspecified atom stereocenters. The zero-order valence-corrected chi connectivity index (χ0v) is 9.71. The summed E-state index contributed by atoms with van der Waals surface area (Å²) in [4.78, 5) is 25.7. The van der Waals surface area contributed by atoms with E-state index in [2.05, 4.69) is 0 Å². The molecule has 0 radical (unpaired) electrons. The van der Waals surface area contributed by atoms with Gasteiger partial charge in [0.15, 0.2) is 0 Å². The number of carbonyl (C=O) groups excluding carboxylic acids is 2. The Hall–Kier alpha value is -1.16. The largest absolute Gasteiger partial charge is 0.393 e. The van der Waals surface area contributed by atoms with Gasteiger partial charge < -0.3 is 5.11 Å². The van der Waals surface area contributed by atoms with E-state index in [1.807, 2.05) is 12.2 Å². The van der Waals surface area contributed by atoms with Gasteiger partial charge in [-0.15, -0.1) is 0 Å². The molecule has 4 nitrogen and oxygen atoms in total. The summed E-state index contributed by atoms with van der Waals surface area (Å²) in [6, 6.07) is 0. The number of carbonyl (C=O) groups is 2. The summed E-state index contributed by atoms with van der Waals surface area (Å²) in [5.41, 5.74) is 0. The maximum absolute atomic E-state index is 12.1. The molecule has 3 aliphatic rings. The maximum atomic E-state index is 12.1. The third-order valence-electron chi connectivity index (χ3n) is 4.25. The Balaban J connectivity index is 1.69. The van der Waals surface area contributed by atoms with Crippen LogP contribution in [0.4, 0.5) is 0 Å². The molecule has 92 valence electrons. The predicted molar refractivity (Wildman–Crippen MR) is 60.8 cm³/mol. The number of aliphatic hydroxyl groups excluding tert-OH is 1. The van der Waals surface area contributed by atoms with Crippen molar-refractivity contribution in [3.8, 4) is 0 Å². The van der Waals surface area contributed by atoms with Crippen LogP contribution in [0.15, 0.2) is 12.2 Å². The number of hydrogen-bond donors (Lipinski definition) is 1. The SMILES string of the molecule is O=C1[C@H]2CC=CC[C@H]2C(=O)N1CC1CC(O)C1. The molecule has 2 atom stereocenters. The number of hydrogen-bond acceptors (Lipinski definition) is 3. The van der Waals surface area contributed by atoms with Crippen LogP contribution in [0.5, 0.6) is 0 Å². The molecule has 3 rings (SSSR count). The average molecular weight is 235 g/mol. The fourth-order valence-electron chi connectivity index (χ4n) is 3.16. The molecule has 1 N–H and O–H groups in total. The second-order valence-corrected chi connectivity index (χ2v) is 5.43. The van der Waals surface area contributed by atoms with Gasteiger partial charge in [0.2, 0.25) is 11.8 Å². The molecular formula is C13H17NO3. The van der Waals surface area contributed by atoms with Gasteiger partial charge in [-0.3, -0.25) is 14.5 Å². The number of fused-ring (bicyclic) bond motifs is 1. The smallest absolute Gasteiger partial charge is 0.233 e. The summed E-state index contributed by atoms with van der Waals surface area (Å²) in [5, 5.41) is 9.23. The standard InChI is InChI=1S/C13H17NO3/c15-9-5-8(6-9)7-14-12(16)10-3-1-2-4-11(10)13(14)17/h1-2,8-11,15H,3-7H2/t8?,9?,10-,11+. The zero-order valence-electron chi connectivity index (χ0n) is 9.71. The number of imide groups is 1. The molecule has 1 saturated heterocycles. The van der Waals surface area contributed by atoms with Crippen molar-refractivity contribution in [3.05, 3.63) is 12.2 Å². The molecule has 1 aliphatic heterocycles. The van der Waals surface area contributed by atoms with E-state index in [-0.39, 0.29) is 29.8 Å². The van der Waals surface area contributed by atoms with E-state index < -0.39 is 0 Å². The van der Waals surface area contributed by atoms with Crippen LogP contribution in [0.25, 0.3) is 0 Å². The molecule has 0 aromatic carbocycles. The average Bonchev–Trinajstić information content (AvgIpc) is 2.53. The van der Waals surface area contributed by atoms with Gasteiger partial charge in [-0.05, 0) is 31.6 Å². The molecule has 1 saturated carbocycles. The van der Waals surface area contributed by atoms with Gasteiger partial charge in [-0.25, -0.2) is 0 Å². The normalized spacial score (nSPS) is 40.4. The van der Waals surface area contributed by atoms with Crippen molar-refractivity contribution < 1.29 is 14.7 Å². The van der Waals surface area contributed by atoms with E-state index in [1.54, 1.807) is 0 Å². The molecule has 0 aromatic heterocycles. The van der Waals surface area contributed by atoms with Crippen molar-refractivity contribution in [3.63, 3.8) is 0 Å². The minimum absolute atomic E-state index is 0.00531. The van der Waals surface area contributed by atoms with Gasteiger partial charge in [0.1, 0.15) is 0 Å². The minimum atomic E-state index is -0.225. The van der Waals surface area contributed by atoms with Crippen molar-refractivity contribution in [1.29, 1.82) is 0 Å². The van der Waals surface area contributed by atoms with E-state index in [4.69, 9.17) is 0 Å². The highest BCUT2D eigenvalue weighted by molar-refractivity contribution is 6.05. The summed E-state index contributed by atoms with van der Waals surface area (Å²) in [6.45, 7) is 0.516. The number of rotatable bonds is 2. The van der Waals surface area contributed by atoms with E-state index in [0.717, 1.165) is 12.8 Å². The number of amides is 2. The third kappa shape index (κ3) is 1.71. The van der Waals surface area contributed by atoms with E-state index in [1.165, 1.54) is 4.90 Å². The first-order valence-electron chi connectivity index (χ1n) is 6.35. The quantitative estimate of drug-likeness (QED) is 0.566. The van der Waals surface area contributed by atoms with Crippen LogP contribution in [0.1, 0.15) is 25.7 Å². The molecule has 2 fully saturated rings. The molecule has 2 amide bonds. The topological polar surface area (TPSA) is 57.6 Å². The monoisotopic (exact) mass is 235 g/mol. The Kier molecular flexibility index (Phi) is 2.54. The number of nitrogens with zero attached hydrogens (tertiary/aromatic N) is 1. The lowest BCUT2D eigenvalue weighted by Gasteiger charge is -2.33. The van der Waals surface area contributed by atoms with Crippen LogP contribution in [0.2, 0.25) is 0 Å². The van der Waals surface area contributed by atoms with Crippen LogP contribution in [0.3, 0.4) is 0 Å². The number of aliphatic hydroxyl groups is 1.